The van der Waals surface area contributed by atoms with Gasteiger partial charge in [0, 0.05) is 50.9 Å². The summed E-state index contributed by atoms with van der Waals surface area (Å²) in [5.41, 5.74) is 5.12. The summed E-state index contributed by atoms with van der Waals surface area (Å²) in [6.45, 7) is 9.49. The molecule has 4 heterocycles. The summed E-state index contributed by atoms with van der Waals surface area (Å²) in [4.78, 5) is 29.3. The number of aromatic nitrogens is 1. The predicted molar refractivity (Wildman–Crippen MR) is 160 cm³/mol. The lowest BCUT2D eigenvalue weighted by Gasteiger charge is -2.36. The number of carbonyl (C=O) groups is 1. The minimum absolute atomic E-state index is 0.152. The number of rotatable bonds is 5. The van der Waals surface area contributed by atoms with Gasteiger partial charge in [-0.15, -0.1) is 0 Å². The summed E-state index contributed by atoms with van der Waals surface area (Å²) in [5, 5.41) is 2.65. The van der Waals surface area contributed by atoms with Gasteiger partial charge in [-0.3, -0.25) is 14.7 Å². The van der Waals surface area contributed by atoms with Crippen molar-refractivity contribution in [3.63, 3.8) is 0 Å². The number of aliphatic imine (C=N–C) groups is 1. The zero-order valence-corrected chi connectivity index (χ0v) is 23.3. The molecule has 0 radical (unpaired) electrons. The molecule has 38 heavy (non-hydrogen) atoms. The lowest BCUT2D eigenvalue weighted by Crippen LogP contribution is -2.46. The molecule has 6 nitrogen and oxygen atoms in total. The Kier molecular flexibility index (Phi) is 7.41. The highest BCUT2D eigenvalue weighted by Crippen LogP contribution is 2.36. The van der Waals surface area contributed by atoms with Crippen LogP contribution in [0.1, 0.15) is 31.7 Å². The smallest absolute Gasteiger partial charge is 0.286 e. The molecular weight excluding hydrogens is 514 g/mol. The zero-order valence-electron chi connectivity index (χ0n) is 21.7. The van der Waals surface area contributed by atoms with Crippen molar-refractivity contribution in [2.24, 2.45) is 4.99 Å². The maximum absolute atomic E-state index is 12.6. The Morgan fingerprint density at radius 1 is 0.974 bits per heavy atom. The van der Waals surface area contributed by atoms with Gasteiger partial charge >= 0.3 is 0 Å². The van der Waals surface area contributed by atoms with Gasteiger partial charge < -0.3 is 9.80 Å². The van der Waals surface area contributed by atoms with E-state index in [1.807, 2.05) is 30.5 Å². The SMILES string of the molecule is CCCN1CCN(c2ccc(-c3ccnc4ccc(C=C5SC(N6CCCC6)=NC5=O)cc34)cc2Cl)CC1. The fourth-order valence-electron chi connectivity index (χ4n) is 5.56. The number of anilines is 1. The van der Waals surface area contributed by atoms with Gasteiger partial charge in [0.25, 0.3) is 5.91 Å². The summed E-state index contributed by atoms with van der Waals surface area (Å²) in [6, 6.07) is 14.6. The molecule has 196 valence electrons. The van der Waals surface area contributed by atoms with Crippen LogP contribution < -0.4 is 4.90 Å². The molecule has 1 aromatic heterocycles. The second-order valence-electron chi connectivity index (χ2n) is 10.1. The maximum atomic E-state index is 12.6. The van der Waals surface area contributed by atoms with Gasteiger partial charge in [-0.25, -0.2) is 0 Å². The van der Waals surface area contributed by atoms with Crippen molar-refractivity contribution < 1.29 is 4.79 Å². The van der Waals surface area contributed by atoms with Crippen LogP contribution in [-0.4, -0.2) is 71.7 Å². The lowest BCUT2D eigenvalue weighted by atomic mass is 9.99. The molecule has 0 bridgehead atoms. The number of nitrogens with zero attached hydrogens (tertiary/aromatic N) is 5. The van der Waals surface area contributed by atoms with Crippen molar-refractivity contribution in [1.29, 1.82) is 0 Å². The normalized spacial score (nSPS) is 19.7. The Morgan fingerprint density at radius 3 is 2.55 bits per heavy atom. The van der Waals surface area contributed by atoms with Gasteiger partial charge in [0.2, 0.25) is 0 Å². The molecule has 0 saturated carbocycles. The molecule has 3 aromatic rings. The first-order chi connectivity index (χ1) is 18.6. The second-order valence-corrected chi connectivity index (χ2v) is 11.6. The third kappa shape index (κ3) is 5.20. The minimum Gasteiger partial charge on any atom is -0.368 e. The van der Waals surface area contributed by atoms with Crippen LogP contribution in [0.3, 0.4) is 0 Å². The number of pyridine rings is 1. The molecule has 0 unspecified atom stereocenters. The fraction of sp³-hybridized carbons (Fsp3) is 0.367. The number of hydrogen-bond acceptors (Lipinski definition) is 6. The summed E-state index contributed by atoms with van der Waals surface area (Å²) >= 11 is 8.34. The number of hydrogen-bond donors (Lipinski definition) is 0. The Labute approximate surface area is 233 Å². The Bertz CT molecular complexity index is 1420. The van der Waals surface area contributed by atoms with Gasteiger partial charge in [-0.1, -0.05) is 30.7 Å². The van der Waals surface area contributed by atoms with E-state index in [2.05, 4.69) is 55.9 Å². The van der Waals surface area contributed by atoms with Crippen LogP contribution in [0.5, 0.6) is 0 Å². The topological polar surface area (TPSA) is 52.0 Å². The van der Waals surface area contributed by atoms with E-state index in [4.69, 9.17) is 11.6 Å². The molecule has 6 rings (SSSR count). The molecule has 2 fully saturated rings. The second kappa shape index (κ2) is 11.1. The number of likely N-dealkylation sites (tertiary alicyclic amines) is 1. The molecule has 8 heteroatoms. The Hall–Kier alpha value is -2.87. The first-order valence-electron chi connectivity index (χ1n) is 13.5. The minimum atomic E-state index is -0.152. The van der Waals surface area contributed by atoms with Crippen LogP contribution in [0.15, 0.2) is 58.6 Å². The average Bonchev–Trinajstić information content (AvgIpc) is 3.59. The lowest BCUT2D eigenvalue weighted by molar-refractivity contribution is -0.113. The molecule has 0 N–H and O–H groups in total. The molecule has 0 spiro atoms. The van der Waals surface area contributed by atoms with Gasteiger partial charge in [0.1, 0.15) is 0 Å². The number of benzene rings is 2. The van der Waals surface area contributed by atoms with Crippen LogP contribution in [-0.2, 0) is 4.79 Å². The number of fused-ring (bicyclic) bond motifs is 1. The molecule has 0 atom stereocenters. The average molecular weight is 546 g/mol. The number of halogens is 1. The fourth-order valence-corrected chi connectivity index (χ4v) is 6.82. The van der Waals surface area contributed by atoms with E-state index in [1.165, 1.54) is 18.2 Å². The predicted octanol–water partition coefficient (Wildman–Crippen LogP) is 6.15. The van der Waals surface area contributed by atoms with Crippen LogP contribution in [0.2, 0.25) is 5.02 Å². The quantitative estimate of drug-likeness (QED) is 0.358. The molecule has 2 saturated heterocycles. The van der Waals surface area contributed by atoms with E-state index >= 15 is 0 Å². The third-order valence-corrected chi connectivity index (χ3v) is 8.91. The molecule has 2 aromatic carbocycles. The van der Waals surface area contributed by atoms with E-state index in [9.17, 15) is 4.79 Å². The molecule has 0 aliphatic carbocycles. The molecule has 3 aliphatic rings. The molecule has 3 aliphatic heterocycles. The Morgan fingerprint density at radius 2 is 1.79 bits per heavy atom. The van der Waals surface area contributed by atoms with E-state index < -0.39 is 0 Å². The van der Waals surface area contributed by atoms with E-state index in [1.54, 1.807) is 0 Å². The standard InChI is InChI=1S/C30H32ClN5OS/c1-2-11-34-14-16-35(17-15-34)27-8-6-22(20-25(27)31)23-9-10-32-26-7-5-21(18-24(23)26)19-28-29(37)33-30(38-28)36-12-3-4-13-36/h5-10,18-20H,2-4,11-17H2,1H3. The summed E-state index contributed by atoms with van der Waals surface area (Å²) in [6.07, 6.45) is 7.31. The number of piperazine rings is 1. The first kappa shape index (κ1) is 25.4. The number of thioether (sulfide) groups is 1. The highest BCUT2D eigenvalue weighted by molar-refractivity contribution is 8.18. The van der Waals surface area contributed by atoms with Gasteiger partial charge in [0.05, 0.1) is 21.1 Å². The summed E-state index contributed by atoms with van der Waals surface area (Å²) < 4.78 is 0. The number of carbonyl (C=O) groups excluding carboxylic acids is 1. The highest BCUT2D eigenvalue weighted by atomic mass is 35.5. The van der Waals surface area contributed by atoms with Gasteiger partial charge in [-0.2, -0.15) is 4.99 Å². The van der Waals surface area contributed by atoms with Crippen molar-refractivity contribution in [3.05, 3.63) is 64.2 Å². The number of amides is 1. The summed E-state index contributed by atoms with van der Waals surface area (Å²) in [7, 11) is 0. The van der Waals surface area contributed by atoms with Crippen molar-refractivity contribution in [3.8, 4) is 11.1 Å². The van der Waals surface area contributed by atoms with Gasteiger partial charge in [0.15, 0.2) is 5.17 Å². The largest absolute Gasteiger partial charge is 0.368 e. The van der Waals surface area contributed by atoms with Gasteiger partial charge in [-0.05, 0) is 90.7 Å². The molecule has 1 amide bonds. The maximum Gasteiger partial charge on any atom is 0.286 e. The van der Waals surface area contributed by atoms with Crippen LogP contribution in [0.4, 0.5) is 5.69 Å². The van der Waals surface area contributed by atoms with E-state index in [0.29, 0.717) is 4.91 Å². The van der Waals surface area contributed by atoms with Crippen molar-refractivity contribution >= 4 is 57.1 Å². The zero-order chi connectivity index (χ0) is 26.1. The highest BCUT2D eigenvalue weighted by Gasteiger charge is 2.27. The van der Waals surface area contributed by atoms with E-state index in [0.717, 1.165) is 102 Å². The monoisotopic (exact) mass is 545 g/mol. The number of amidine groups is 1. The Balaban J connectivity index is 1.26. The summed E-state index contributed by atoms with van der Waals surface area (Å²) in [5.74, 6) is -0.152. The molecular formula is C30H32ClN5OS. The first-order valence-corrected chi connectivity index (χ1v) is 14.7. The van der Waals surface area contributed by atoms with E-state index in [-0.39, 0.29) is 5.91 Å². The van der Waals surface area contributed by atoms with Crippen LogP contribution >= 0.6 is 23.4 Å². The van der Waals surface area contributed by atoms with Crippen LogP contribution in [0.25, 0.3) is 28.1 Å². The third-order valence-electron chi connectivity index (χ3n) is 7.56. The van der Waals surface area contributed by atoms with Crippen LogP contribution in [0, 0.1) is 0 Å². The van der Waals surface area contributed by atoms with Crippen molar-refractivity contribution in [2.45, 2.75) is 26.2 Å². The van der Waals surface area contributed by atoms with Crippen molar-refractivity contribution in [1.82, 2.24) is 14.8 Å². The van der Waals surface area contributed by atoms with Crippen molar-refractivity contribution in [2.75, 3.05) is 50.7 Å².